The van der Waals surface area contributed by atoms with Crippen LogP contribution in [0.15, 0.2) is 77.1 Å². The third kappa shape index (κ3) is 6.01. The molecular weight excluding hydrogens is 472 g/mol. The summed E-state index contributed by atoms with van der Waals surface area (Å²) in [6.45, 7) is 0.867. The molecule has 0 bridgehead atoms. The van der Waals surface area contributed by atoms with Crippen molar-refractivity contribution in [3.8, 4) is 17.0 Å². The summed E-state index contributed by atoms with van der Waals surface area (Å²) in [5, 5.41) is 5.41. The van der Waals surface area contributed by atoms with Gasteiger partial charge in [0.1, 0.15) is 18.2 Å². The van der Waals surface area contributed by atoms with Gasteiger partial charge in [-0.2, -0.15) is 0 Å². The topological polar surface area (TPSA) is 145 Å². The van der Waals surface area contributed by atoms with Crippen LogP contribution < -0.4 is 26.2 Å². The first-order valence-corrected chi connectivity index (χ1v) is 12.7. The van der Waals surface area contributed by atoms with E-state index >= 15 is 0 Å². The van der Waals surface area contributed by atoms with Gasteiger partial charge in [-0.15, -0.1) is 11.3 Å². The van der Waals surface area contributed by atoms with E-state index in [2.05, 4.69) is 20.0 Å². The number of sulfonamides is 1. The lowest BCUT2D eigenvalue weighted by Crippen LogP contribution is -2.29. The van der Waals surface area contributed by atoms with Crippen LogP contribution in [0.2, 0.25) is 0 Å². The third-order valence-corrected chi connectivity index (χ3v) is 6.97. The molecule has 2 heterocycles. The van der Waals surface area contributed by atoms with Crippen molar-refractivity contribution in [1.29, 1.82) is 0 Å². The van der Waals surface area contributed by atoms with Crippen LogP contribution in [0.25, 0.3) is 11.3 Å². The maximum Gasteiger partial charge on any atom is 0.240 e. The number of aromatic nitrogens is 2. The molecule has 0 aliphatic rings. The Labute approximate surface area is 201 Å². The molecule has 0 fully saturated rings. The molecule has 9 nitrogen and oxygen atoms in total. The van der Waals surface area contributed by atoms with E-state index in [0.29, 0.717) is 28.9 Å². The Hall–Kier alpha value is -3.67. The highest BCUT2D eigenvalue weighted by molar-refractivity contribution is 7.89. The lowest BCUT2D eigenvalue weighted by Gasteiger charge is -2.11. The molecule has 0 spiro atoms. The molecule has 4 aromatic rings. The van der Waals surface area contributed by atoms with E-state index in [0.717, 1.165) is 16.8 Å². The first-order valence-electron chi connectivity index (χ1n) is 10.4. The van der Waals surface area contributed by atoms with E-state index in [1.54, 1.807) is 36.4 Å². The highest BCUT2D eigenvalue weighted by Crippen LogP contribution is 2.31. The van der Waals surface area contributed by atoms with Gasteiger partial charge in [0.2, 0.25) is 10.0 Å². The zero-order valence-corrected chi connectivity index (χ0v) is 19.8. The van der Waals surface area contributed by atoms with Crippen LogP contribution in [-0.2, 0) is 16.6 Å². The van der Waals surface area contributed by atoms with Crippen molar-refractivity contribution in [2.75, 3.05) is 29.9 Å². The van der Waals surface area contributed by atoms with Crippen molar-refractivity contribution in [3.63, 3.8) is 0 Å². The monoisotopic (exact) mass is 496 g/mol. The molecule has 34 heavy (non-hydrogen) atoms. The van der Waals surface area contributed by atoms with Gasteiger partial charge in [-0.25, -0.2) is 23.1 Å². The van der Waals surface area contributed by atoms with Crippen LogP contribution in [0.5, 0.6) is 5.75 Å². The summed E-state index contributed by atoms with van der Waals surface area (Å²) < 4.78 is 33.7. The van der Waals surface area contributed by atoms with E-state index in [9.17, 15) is 8.42 Å². The minimum atomic E-state index is -3.64. The minimum Gasteiger partial charge on any atom is -0.488 e. The Balaban J connectivity index is 1.32. The Morgan fingerprint density at radius 1 is 0.971 bits per heavy atom. The average Bonchev–Trinajstić information content (AvgIpc) is 3.28. The van der Waals surface area contributed by atoms with E-state index in [-0.39, 0.29) is 18.0 Å². The van der Waals surface area contributed by atoms with Gasteiger partial charge >= 0.3 is 0 Å². The molecule has 0 amide bonds. The second-order valence-corrected chi connectivity index (χ2v) is 9.96. The molecule has 0 saturated carbocycles. The maximum atomic E-state index is 12.6. The van der Waals surface area contributed by atoms with E-state index in [1.807, 2.05) is 29.6 Å². The largest absolute Gasteiger partial charge is 0.488 e. The summed E-state index contributed by atoms with van der Waals surface area (Å²) in [5.41, 5.74) is 14.4. The number of para-hydroxylation sites is 1. The first-order chi connectivity index (χ1) is 16.4. The molecule has 0 aliphatic carbocycles. The smallest absolute Gasteiger partial charge is 0.240 e. The van der Waals surface area contributed by atoms with E-state index < -0.39 is 10.0 Å². The number of anilines is 3. The van der Waals surface area contributed by atoms with Crippen molar-refractivity contribution in [2.24, 2.45) is 0 Å². The summed E-state index contributed by atoms with van der Waals surface area (Å²) in [7, 11) is -3.64. The molecule has 176 valence electrons. The number of ether oxygens (including phenoxy) is 1. The van der Waals surface area contributed by atoms with Crippen molar-refractivity contribution in [1.82, 2.24) is 14.7 Å². The number of nitrogens with two attached hydrogens (primary N) is 2. The van der Waals surface area contributed by atoms with Gasteiger partial charge in [-0.1, -0.05) is 24.3 Å². The number of benzene rings is 2. The number of nitrogen functional groups attached to an aromatic ring is 2. The summed E-state index contributed by atoms with van der Waals surface area (Å²) in [5.74, 6) is 1.30. The normalized spacial score (nSPS) is 11.3. The third-order valence-electron chi connectivity index (χ3n) is 4.82. The zero-order chi connectivity index (χ0) is 24.0. The number of rotatable bonds is 10. The fraction of sp³-hybridized carbons (Fsp3) is 0.130. The number of hydrogen-bond acceptors (Lipinski definition) is 9. The maximum absolute atomic E-state index is 12.6. The summed E-state index contributed by atoms with van der Waals surface area (Å²) >= 11 is 1.37. The number of pyridine rings is 1. The van der Waals surface area contributed by atoms with Gasteiger partial charge in [0.25, 0.3) is 0 Å². The van der Waals surface area contributed by atoms with Gasteiger partial charge in [-0.05, 0) is 42.0 Å². The molecule has 2 aromatic heterocycles. The van der Waals surface area contributed by atoms with Crippen LogP contribution in [0, 0.1) is 0 Å². The number of hydrogen-bond donors (Lipinski definition) is 4. The van der Waals surface area contributed by atoms with Crippen molar-refractivity contribution in [2.45, 2.75) is 11.5 Å². The second kappa shape index (κ2) is 10.5. The van der Waals surface area contributed by atoms with Crippen LogP contribution in [0.4, 0.5) is 16.6 Å². The van der Waals surface area contributed by atoms with Gasteiger partial charge in [0.15, 0.2) is 5.13 Å². The van der Waals surface area contributed by atoms with Crippen LogP contribution >= 0.6 is 11.3 Å². The fourth-order valence-corrected chi connectivity index (χ4v) is 4.71. The Morgan fingerprint density at radius 3 is 2.47 bits per heavy atom. The fourth-order valence-electron chi connectivity index (χ4n) is 3.11. The number of nitrogens with one attached hydrogen (secondary N) is 2. The lowest BCUT2D eigenvalue weighted by atomic mass is 10.1. The molecule has 0 unspecified atom stereocenters. The zero-order valence-electron chi connectivity index (χ0n) is 18.1. The number of nitrogens with zero attached hydrogens (tertiary/aromatic N) is 2. The van der Waals surface area contributed by atoms with Crippen LogP contribution in [0.1, 0.15) is 5.56 Å². The second-order valence-electron chi connectivity index (χ2n) is 7.30. The van der Waals surface area contributed by atoms with Gasteiger partial charge in [0.05, 0.1) is 22.5 Å². The van der Waals surface area contributed by atoms with Crippen molar-refractivity contribution in [3.05, 3.63) is 77.8 Å². The molecule has 0 saturated heterocycles. The Bertz CT molecular complexity index is 1340. The van der Waals surface area contributed by atoms with Crippen molar-refractivity contribution >= 4 is 38.0 Å². The number of thiazole rings is 1. The van der Waals surface area contributed by atoms with Crippen molar-refractivity contribution < 1.29 is 13.2 Å². The molecule has 0 aliphatic heterocycles. The lowest BCUT2D eigenvalue weighted by molar-refractivity contribution is 0.307. The van der Waals surface area contributed by atoms with Gasteiger partial charge in [-0.3, -0.25) is 0 Å². The Morgan fingerprint density at radius 2 is 1.76 bits per heavy atom. The summed E-state index contributed by atoms with van der Waals surface area (Å²) in [4.78, 5) is 8.61. The van der Waals surface area contributed by atoms with E-state index in [4.69, 9.17) is 16.2 Å². The predicted molar refractivity (Wildman–Crippen MR) is 135 cm³/mol. The molecule has 6 N–H and O–H groups in total. The molecule has 11 heteroatoms. The van der Waals surface area contributed by atoms with Crippen LogP contribution in [-0.4, -0.2) is 31.5 Å². The average molecular weight is 497 g/mol. The molecular formula is C23H24N6O3S2. The van der Waals surface area contributed by atoms with Gasteiger partial charge < -0.3 is 21.5 Å². The predicted octanol–water partition coefficient (Wildman–Crippen LogP) is 3.34. The standard InChI is InChI=1S/C23H24N6O3S2/c24-17-7-10-22(27-13-17)26-11-12-28-34(30,31)18-8-5-16(6-9-18)14-32-21-4-2-1-3-19(21)20-15-33-23(25)29-20/h1-10,13,15,28H,11-12,14,24H2,(H2,25,29)(H,26,27). The first kappa shape index (κ1) is 23.5. The molecule has 0 atom stereocenters. The highest BCUT2D eigenvalue weighted by atomic mass is 32.2. The SMILES string of the molecule is Nc1ccc(NCCNS(=O)(=O)c2ccc(COc3ccccc3-c3csc(N)n3)cc2)nc1. The Kier molecular flexibility index (Phi) is 7.26. The summed E-state index contributed by atoms with van der Waals surface area (Å²) in [6.07, 6.45) is 1.53. The molecule has 4 rings (SSSR count). The minimum absolute atomic E-state index is 0.181. The van der Waals surface area contributed by atoms with Crippen LogP contribution in [0.3, 0.4) is 0 Å². The van der Waals surface area contributed by atoms with E-state index in [1.165, 1.54) is 17.5 Å². The quantitative estimate of drug-likeness (QED) is 0.245. The molecule has 0 radical (unpaired) electrons. The molecule has 2 aromatic carbocycles. The van der Waals surface area contributed by atoms with Gasteiger partial charge in [0, 0.05) is 24.0 Å². The highest BCUT2D eigenvalue weighted by Gasteiger charge is 2.14. The summed E-state index contributed by atoms with van der Waals surface area (Å²) in [6, 6.07) is 17.6.